The summed E-state index contributed by atoms with van der Waals surface area (Å²) in [5.41, 5.74) is 2.08. The van der Waals surface area contributed by atoms with Crippen molar-refractivity contribution in [2.75, 3.05) is 12.4 Å². The zero-order valence-electron chi connectivity index (χ0n) is 17.7. The third-order valence-electron chi connectivity index (χ3n) is 4.51. The molecule has 32 heavy (non-hydrogen) atoms. The van der Waals surface area contributed by atoms with E-state index in [2.05, 4.69) is 15.6 Å². The van der Waals surface area contributed by atoms with Crippen molar-refractivity contribution in [1.82, 2.24) is 10.3 Å². The quantitative estimate of drug-likeness (QED) is 0.400. The fourth-order valence-electron chi connectivity index (χ4n) is 2.87. The zero-order valence-corrected chi connectivity index (χ0v) is 18.5. The second-order valence-electron chi connectivity index (χ2n) is 6.82. The van der Waals surface area contributed by atoms with Gasteiger partial charge in [0, 0.05) is 22.3 Å². The van der Waals surface area contributed by atoms with E-state index in [0.717, 1.165) is 5.69 Å². The van der Waals surface area contributed by atoms with Crippen molar-refractivity contribution in [3.8, 4) is 0 Å². The van der Waals surface area contributed by atoms with E-state index in [1.54, 1.807) is 61.7 Å². The van der Waals surface area contributed by atoms with Gasteiger partial charge in [-0.25, -0.2) is 0 Å². The molecule has 3 aromatic rings. The number of thioether (sulfide) groups is 1. The second kappa shape index (κ2) is 11.1. The van der Waals surface area contributed by atoms with Crippen LogP contribution < -0.4 is 10.6 Å². The number of ether oxygens (including phenoxy) is 1. The Hall–Kier alpha value is -3.65. The Labute approximate surface area is 190 Å². The Kier molecular flexibility index (Phi) is 7.99. The molecule has 8 heteroatoms. The molecule has 1 unspecified atom stereocenters. The van der Waals surface area contributed by atoms with Crippen LogP contribution in [0.15, 0.2) is 77.8 Å². The van der Waals surface area contributed by atoms with Crippen LogP contribution in [-0.2, 0) is 16.1 Å². The Bertz CT molecular complexity index is 1110. The molecular weight excluding hydrogens is 426 g/mol. The van der Waals surface area contributed by atoms with Gasteiger partial charge in [0.15, 0.2) is 0 Å². The molecule has 0 fully saturated rings. The normalized spacial score (nSPS) is 11.3. The number of nitrogens with one attached hydrogen (secondary N) is 2. The summed E-state index contributed by atoms with van der Waals surface area (Å²) in [6.07, 6.45) is 1.67. The first-order valence-corrected chi connectivity index (χ1v) is 10.8. The number of carbonyl (C=O) groups excluding carboxylic acids is 3. The van der Waals surface area contributed by atoms with E-state index >= 15 is 0 Å². The standard InChI is InChI=1S/C24H23N3O4S/c1-16(24(30)31-2)32-21-12-4-3-11-20(21)23(29)27-18-10-7-8-17(14-18)22(28)26-15-19-9-5-6-13-25-19/h3-14,16H,15H2,1-2H3,(H,26,28)(H,27,29). The molecule has 1 atom stereocenters. The number of pyridine rings is 1. The molecule has 1 heterocycles. The van der Waals surface area contributed by atoms with Crippen LogP contribution >= 0.6 is 11.8 Å². The first-order chi connectivity index (χ1) is 15.5. The maximum absolute atomic E-state index is 12.9. The highest BCUT2D eigenvalue weighted by atomic mass is 32.2. The largest absolute Gasteiger partial charge is 0.468 e. The maximum Gasteiger partial charge on any atom is 0.318 e. The van der Waals surface area contributed by atoms with Crippen molar-refractivity contribution in [2.24, 2.45) is 0 Å². The lowest BCUT2D eigenvalue weighted by molar-refractivity contribution is -0.139. The van der Waals surface area contributed by atoms with Gasteiger partial charge in [-0.15, -0.1) is 11.8 Å². The predicted molar refractivity (Wildman–Crippen MR) is 124 cm³/mol. The van der Waals surface area contributed by atoms with Crippen LogP contribution in [0, 0.1) is 0 Å². The molecule has 0 aliphatic rings. The molecule has 1 aromatic heterocycles. The molecule has 3 rings (SSSR count). The number of nitrogens with zero attached hydrogens (tertiary/aromatic N) is 1. The summed E-state index contributed by atoms with van der Waals surface area (Å²) in [5.74, 6) is -0.972. The minimum atomic E-state index is -0.458. The summed E-state index contributed by atoms with van der Waals surface area (Å²) in [4.78, 5) is 42.0. The number of amides is 2. The molecule has 0 radical (unpaired) electrons. The van der Waals surface area contributed by atoms with Crippen molar-refractivity contribution in [3.63, 3.8) is 0 Å². The number of hydrogen-bond donors (Lipinski definition) is 2. The molecule has 0 saturated carbocycles. The van der Waals surface area contributed by atoms with Gasteiger partial charge in [0.1, 0.15) is 5.25 Å². The Balaban J connectivity index is 1.68. The topological polar surface area (TPSA) is 97.4 Å². The molecule has 2 N–H and O–H groups in total. The SMILES string of the molecule is COC(=O)C(C)Sc1ccccc1C(=O)Nc1cccc(C(=O)NCc2ccccn2)c1. The minimum Gasteiger partial charge on any atom is -0.468 e. The maximum atomic E-state index is 12.9. The van der Waals surface area contributed by atoms with E-state index in [9.17, 15) is 14.4 Å². The lowest BCUT2D eigenvalue weighted by Crippen LogP contribution is -2.23. The average Bonchev–Trinajstić information content (AvgIpc) is 2.83. The van der Waals surface area contributed by atoms with Gasteiger partial charge in [0.2, 0.25) is 0 Å². The molecule has 164 valence electrons. The molecule has 0 bridgehead atoms. The number of anilines is 1. The molecular formula is C24H23N3O4S. The number of carbonyl (C=O) groups is 3. The summed E-state index contributed by atoms with van der Waals surface area (Å²) in [5, 5.41) is 5.18. The van der Waals surface area contributed by atoms with Crippen molar-refractivity contribution in [2.45, 2.75) is 23.6 Å². The van der Waals surface area contributed by atoms with E-state index in [1.165, 1.54) is 18.9 Å². The monoisotopic (exact) mass is 449 g/mol. The third-order valence-corrected chi connectivity index (χ3v) is 5.66. The first-order valence-electron chi connectivity index (χ1n) is 9.91. The Morgan fingerprint density at radius 2 is 1.78 bits per heavy atom. The lowest BCUT2D eigenvalue weighted by atomic mass is 10.1. The lowest BCUT2D eigenvalue weighted by Gasteiger charge is -2.13. The summed E-state index contributed by atoms with van der Waals surface area (Å²) >= 11 is 1.25. The first kappa shape index (κ1) is 23.0. The summed E-state index contributed by atoms with van der Waals surface area (Å²) in [6, 6.07) is 19.2. The van der Waals surface area contributed by atoms with Gasteiger partial charge in [-0.2, -0.15) is 0 Å². The molecule has 0 spiro atoms. The van der Waals surface area contributed by atoms with Gasteiger partial charge >= 0.3 is 5.97 Å². The van der Waals surface area contributed by atoms with Gasteiger partial charge in [0.25, 0.3) is 11.8 Å². The van der Waals surface area contributed by atoms with Crippen LogP contribution in [-0.4, -0.2) is 35.1 Å². The molecule has 7 nitrogen and oxygen atoms in total. The van der Waals surface area contributed by atoms with E-state index in [0.29, 0.717) is 28.3 Å². The van der Waals surface area contributed by atoms with Crippen molar-refractivity contribution >= 4 is 35.2 Å². The number of rotatable bonds is 8. The van der Waals surface area contributed by atoms with Crippen molar-refractivity contribution < 1.29 is 19.1 Å². The van der Waals surface area contributed by atoms with Crippen molar-refractivity contribution in [3.05, 3.63) is 89.7 Å². The van der Waals surface area contributed by atoms with Gasteiger partial charge in [-0.3, -0.25) is 19.4 Å². The summed E-state index contributed by atoms with van der Waals surface area (Å²) < 4.78 is 4.76. The summed E-state index contributed by atoms with van der Waals surface area (Å²) in [6.45, 7) is 2.03. The highest BCUT2D eigenvalue weighted by Crippen LogP contribution is 2.28. The van der Waals surface area contributed by atoms with Crippen molar-refractivity contribution in [1.29, 1.82) is 0 Å². The van der Waals surface area contributed by atoms with Crippen LogP contribution in [0.1, 0.15) is 33.3 Å². The zero-order chi connectivity index (χ0) is 22.9. The number of esters is 1. The van der Waals surface area contributed by atoms with Crippen LogP contribution in [0.3, 0.4) is 0 Å². The van der Waals surface area contributed by atoms with Gasteiger partial charge < -0.3 is 15.4 Å². The van der Waals surface area contributed by atoms with Crippen LogP contribution in [0.25, 0.3) is 0 Å². The number of hydrogen-bond acceptors (Lipinski definition) is 6. The minimum absolute atomic E-state index is 0.269. The number of benzene rings is 2. The van der Waals surface area contributed by atoms with Crippen LogP contribution in [0.4, 0.5) is 5.69 Å². The third kappa shape index (κ3) is 6.18. The number of methoxy groups -OCH3 is 1. The van der Waals surface area contributed by atoms with Crippen LogP contribution in [0.2, 0.25) is 0 Å². The Morgan fingerprint density at radius 3 is 2.53 bits per heavy atom. The highest BCUT2D eigenvalue weighted by Gasteiger charge is 2.19. The molecule has 2 amide bonds. The number of aromatic nitrogens is 1. The van der Waals surface area contributed by atoms with E-state index in [1.807, 2.05) is 18.2 Å². The average molecular weight is 450 g/mol. The summed E-state index contributed by atoms with van der Waals surface area (Å²) in [7, 11) is 1.33. The molecule has 2 aromatic carbocycles. The van der Waals surface area contributed by atoms with E-state index < -0.39 is 5.25 Å². The molecule has 0 aliphatic heterocycles. The highest BCUT2D eigenvalue weighted by molar-refractivity contribution is 8.00. The van der Waals surface area contributed by atoms with Gasteiger partial charge in [-0.1, -0.05) is 24.3 Å². The smallest absolute Gasteiger partial charge is 0.318 e. The van der Waals surface area contributed by atoms with E-state index in [4.69, 9.17) is 4.74 Å². The van der Waals surface area contributed by atoms with E-state index in [-0.39, 0.29) is 17.8 Å². The Morgan fingerprint density at radius 1 is 1.00 bits per heavy atom. The predicted octanol–water partition coefficient (Wildman–Crippen LogP) is 3.92. The van der Waals surface area contributed by atoms with Gasteiger partial charge in [-0.05, 0) is 49.4 Å². The fraction of sp³-hybridized carbons (Fsp3) is 0.167. The molecule has 0 aliphatic carbocycles. The molecule has 0 saturated heterocycles. The second-order valence-corrected chi connectivity index (χ2v) is 8.20. The van der Waals surface area contributed by atoms with Gasteiger partial charge in [0.05, 0.1) is 24.9 Å². The van der Waals surface area contributed by atoms with Crippen LogP contribution in [0.5, 0.6) is 0 Å². The fourth-order valence-corrected chi connectivity index (χ4v) is 3.89.